The van der Waals surface area contributed by atoms with Crippen molar-refractivity contribution in [2.75, 3.05) is 25.5 Å². The minimum absolute atomic E-state index is 0.140. The van der Waals surface area contributed by atoms with Gasteiger partial charge in [-0.3, -0.25) is 4.79 Å². The molecular weight excluding hydrogens is 679 g/mol. The van der Waals surface area contributed by atoms with Gasteiger partial charge < -0.3 is 20.7 Å². The second-order valence-electron chi connectivity index (χ2n) is 12.6. The molecule has 0 spiro atoms. The van der Waals surface area contributed by atoms with Gasteiger partial charge in [0.25, 0.3) is 0 Å². The number of anilines is 1. The summed E-state index contributed by atoms with van der Waals surface area (Å²) in [6, 6.07) is 25.7. The van der Waals surface area contributed by atoms with Gasteiger partial charge in [-0.1, -0.05) is 77.8 Å². The molecule has 2 amide bonds. The van der Waals surface area contributed by atoms with Gasteiger partial charge in [0, 0.05) is 47.4 Å². The lowest BCUT2D eigenvalue weighted by atomic mass is 9.85. The van der Waals surface area contributed by atoms with Crippen molar-refractivity contribution in [1.29, 1.82) is 0 Å². The number of amides is 2. The summed E-state index contributed by atoms with van der Waals surface area (Å²) in [5.41, 5.74) is 3.23. The number of nitrogens with zero attached hydrogens (tertiary/aromatic N) is 1. The zero-order valence-electron chi connectivity index (χ0n) is 28.2. The number of piperazine rings is 1. The third kappa shape index (κ3) is 8.89. The Morgan fingerprint density at radius 2 is 1.68 bits per heavy atom. The van der Waals surface area contributed by atoms with Crippen LogP contribution in [0.4, 0.5) is 14.9 Å². The van der Waals surface area contributed by atoms with Crippen molar-refractivity contribution in [3.8, 4) is 0 Å². The first kappa shape index (κ1) is 37.0. The molecule has 1 saturated heterocycles. The van der Waals surface area contributed by atoms with E-state index in [2.05, 4.69) is 16.0 Å². The third-order valence-corrected chi connectivity index (χ3v) is 11.4. The summed E-state index contributed by atoms with van der Waals surface area (Å²) < 4.78 is 49.5. The fourth-order valence-electron chi connectivity index (χ4n) is 6.48. The van der Waals surface area contributed by atoms with Gasteiger partial charge in [0.15, 0.2) is 0 Å². The zero-order valence-corrected chi connectivity index (χ0v) is 29.8. The summed E-state index contributed by atoms with van der Waals surface area (Å²) in [7, 11) is -2.61. The van der Waals surface area contributed by atoms with Crippen molar-refractivity contribution < 1.29 is 27.1 Å². The minimum Gasteiger partial charge on any atom is -0.453 e. The predicted octanol–water partition coefficient (Wildman–Crippen LogP) is 6.46. The lowest BCUT2D eigenvalue weighted by Gasteiger charge is -2.40. The van der Waals surface area contributed by atoms with Crippen LogP contribution in [0.2, 0.25) is 5.02 Å². The summed E-state index contributed by atoms with van der Waals surface area (Å²) in [5, 5.41) is 9.41. The Labute approximate surface area is 298 Å². The van der Waals surface area contributed by atoms with Crippen molar-refractivity contribution in [2.24, 2.45) is 0 Å². The molecule has 0 bridgehead atoms. The van der Waals surface area contributed by atoms with E-state index in [9.17, 15) is 18.0 Å². The van der Waals surface area contributed by atoms with Crippen LogP contribution in [0.15, 0.2) is 102 Å². The Hall–Kier alpha value is -4.29. The molecule has 1 aliphatic rings. The van der Waals surface area contributed by atoms with Crippen molar-refractivity contribution in [3.05, 3.63) is 130 Å². The molecule has 0 radical (unpaired) electrons. The first-order valence-electron chi connectivity index (χ1n) is 16.5. The fourth-order valence-corrected chi connectivity index (χ4v) is 8.47. The van der Waals surface area contributed by atoms with Gasteiger partial charge >= 0.3 is 6.09 Å². The molecule has 4 aromatic carbocycles. The van der Waals surface area contributed by atoms with E-state index in [-0.39, 0.29) is 35.0 Å². The first-order chi connectivity index (χ1) is 24.0. The summed E-state index contributed by atoms with van der Waals surface area (Å²) in [4.78, 5) is 27.1. The molecule has 4 unspecified atom stereocenters. The van der Waals surface area contributed by atoms with Crippen molar-refractivity contribution >= 4 is 39.3 Å². The summed E-state index contributed by atoms with van der Waals surface area (Å²) >= 11 is 6.20. The molecule has 1 fully saturated rings. The average Bonchev–Trinajstić information content (AvgIpc) is 3.11. The number of nitrogens with one attached hydrogen (secondary N) is 3. The molecule has 0 aromatic heterocycles. The molecule has 50 heavy (non-hydrogen) atoms. The summed E-state index contributed by atoms with van der Waals surface area (Å²) in [5.74, 6) is -1.67. The Bertz CT molecular complexity index is 1880. The van der Waals surface area contributed by atoms with Gasteiger partial charge in [-0.25, -0.2) is 17.6 Å². The molecule has 3 N–H and O–H groups in total. The van der Waals surface area contributed by atoms with E-state index in [4.69, 9.17) is 16.3 Å². The molecule has 9 nitrogen and oxygen atoms in total. The van der Waals surface area contributed by atoms with Crippen LogP contribution in [-0.2, 0) is 32.4 Å². The summed E-state index contributed by atoms with van der Waals surface area (Å²) in [6.07, 6.45) is 0.0173. The van der Waals surface area contributed by atoms with Crippen molar-refractivity contribution in [2.45, 2.75) is 62.0 Å². The Morgan fingerprint density at radius 3 is 2.36 bits per heavy atom. The molecule has 264 valence electrons. The SMILES string of the molecule is COC(=O)NC(C(=O)Nc1cccc(F)c1CCC1CNCC(C)N1S(=O)(=O)c1ccccc1)C(Cc1ccc(C)cc1)c1ccc(Cl)cc1. The van der Waals surface area contributed by atoms with E-state index in [1.54, 1.807) is 48.5 Å². The Balaban J connectivity index is 1.43. The van der Waals surface area contributed by atoms with E-state index >= 15 is 4.39 Å². The van der Waals surface area contributed by atoms with Crippen LogP contribution in [0.25, 0.3) is 0 Å². The number of rotatable bonds is 12. The lowest BCUT2D eigenvalue weighted by molar-refractivity contribution is -0.118. The first-order valence-corrected chi connectivity index (χ1v) is 18.3. The molecule has 1 aliphatic heterocycles. The number of hydrogen-bond donors (Lipinski definition) is 3. The highest BCUT2D eigenvalue weighted by Crippen LogP contribution is 2.30. The van der Waals surface area contributed by atoms with E-state index in [0.717, 1.165) is 16.7 Å². The fraction of sp³-hybridized carbons (Fsp3) is 0.316. The van der Waals surface area contributed by atoms with E-state index in [0.29, 0.717) is 24.5 Å². The second kappa shape index (κ2) is 16.6. The maximum absolute atomic E-state index is 15.6. The molecule has 4 aromatic rings. The molecule has 4 atom stereocenters. The molecular formula is C38H42ClFN4O5S. The minimum atomic E-state index is -3.83. The maximum atomic E-state index is 15.6. The third-order valence-electron chi connectivity index (χ3n) is 9.05. The highest BCUT2D eigenvalue weighted by atomic mass is 35.5. The number of sulfonamides is 1. The standard InChI is InChI=1S/C38H42ClFN4O5S/c1-25-12-14-27(15-13-25)22-33(28-16-18-29(39)19-17-28)36(43-38(46)49-3)37(45)42-35-11-7-10-34(40)32(35)21-20-30-24-41-23-26(2)44(30)50(47,48)31-8-5-4-6-9-31/h4-19,26,30,33,36,41H,20-24H2,1-3H3,(H,42,45)(H,43,46). The molecule has 0 aliphatic carbocycles. The monoisotopic (exact) mass is 720 g/mol. The number of halogens is 2. The van der Waals surface area contributed by atoms with Gasteiger partial charge in [-0.2, -0.15) is 4.31 Å². The zero-order chi connectivity index (χ0) is 35.8. The van der Waals surface area contributed by atoms with Gasteiger partial charge in [0.05, 0.1) is 12.0 Å². The largest absolute Gasteiger partial charge is 0.453 e. The molecule has 5 rings (SSSR count). The predicted molar refractivity (Wildman–Crippen MR) is 193 cm³/mol. The van der Waals surface area contributed by atoms with Gasteiger partial charge in [-0.05, 0) is 80.6 Å². The van der Waals surface area contributed by atoms with E-state index in [1.165, 1.54) is 23.5 Å². The number of benzene rings is 4. The van der Waals surface area contributed by atoms with E-state index < -0.39 is 45.8 Å². The Morgan fingerprint density at radius 1 is 0.980 bits per heavy atom. The topological polar surface area (TPSA) is 117 Å². The van der Waals surface area contributed by atoms with Crippen LogP contribution >= 0.6 is 11.6 Å². The highest BCUT2D eigenvalue weighted by molar-refractivity contribution is 7.89. The number of alkyl carbamates (subject to hydrolysis) is 1. The van der Waals surface area contributed by atoms with Crippen LogP contribution in [0.1, 0.15) is 41.5 Å². The van der Waals surface area contributed by atoms with Gasteiger partial charge in [-0.15, -0.1) is 0 Å². The van der Waals surface area contributed by atoms with Gasteiger partial charge in [0.1, 0.15) is 11.9 Å². The number of methoxy groups -OCH3 is 1. The van der Waals surface area contributed by atoms with Crippen LogP contribution < -0.4 is 16.0 Å². The van der Waals surface area contributed by atoms with Gasteiger partial charge in [0.2, 0.25) is 15.9 Å². The number of aryl methyl sites for hydroxylation is 1. The Kier molecular flexibility index (Phi) is 12.3. The normalized spacial score (nSPS) is 17.8. The number of carbonyl (C=O) groups excluding carboxylic acids is 2. The average molecular weight is 721 g/mol. The van der Waals surface area contributed by atoms with Crippen LogP contribution in [-0.4, -0.2) is 63.0 Å². The molecule has 1 heterocycles. The number of carbonyl (C=O) groups is 2. The van der Waals surface area contributed by atoms with Crippen LogP contribution in [0, 0.1) is 12.7 Å². The maximum Gasteiger partial charge on any atom is 0.407 e. The molecule has 12 heteroatoms. The van der Waals surface area contributed by atoms with Crippen molar-refractivity contribution in [1.82, 2.24) is 14.9 Å². The highest BCUT2D eigenvalue weighted by Gasteiger charge is 2.38. The smallest absolute Gasteiger partial charge is 0.407 e. The van der Waals surface area contributed by atoms with Crippen LogP contribution in [0.5, 0.6) is 0 Å². The van der Waals surface area contributed by atoms with E-state index in [1.807, 2.05) is 50.2 Å². The summed E-state index contributed by atoms with van der Waals surface area (Å²) in [6.45, 7) is 4.70. The number of ether oxygens (including phenoxy) is 1. The quantitative estimate of drug-likeness (QED) is 0.155. The second-order valence-corrected chi connectivity index (χ2v) is 14.8. The molecule has 0 saturated carbocycles. The lowest BCUT2D eigenvalue weighted by Crippen LogP contribution is -2.58. The number of hydrogen-bond acceptors (Lipinski definition) is 6. The van der Waals surface area contributed by atoms with Crippen molar-refractivity contribution in [3.63, 3.8) is 0 Å². The van der Waals surface area contributed by atoms with Crippen LogP contribution in [0.3, 0.4) is 0 Å².